The Balaban J connectivity index is 1.52. The Morgan fingerprint density at radius 1 is 1.05 bits per heavy atom. The fourth-order valence-electron chi connectivity index (χ4n) is 5.01. The Kier molecular flexibility index (Phi) is 9.42. The molecule has 0 atom stereocenters. The zero-order valence-electron chi connectivity index (χ0n) is 23.5. The molecule has 0 radical (unpaired) electrons. The number of thioether (sulfide) groups is 1. The zero-order chi connectivity index (χ0) is 29.0. The second-order valence-electron chi connectivity index (χ2n) is 9.87. The molecule has 0 saturated carbocycles. The number of hydrogen-bond donors (Lipinski definition) is 1. The summed E-state index contributed by atoms with van der Waals surface area (Å²) >= 11 is 1.91. The Bertz CT molecular complexity index is 1710. The third-order valence-corrected chi connectivity index (χ3v) is 11.4. The van der Waals surface area contributed by atoms with Gasteiger partial charge in [0.05, 0.1) is 0 Å². The van der Waals surface area contributed by atoms with Crippen LogP contribution in [-0.2, 0) is 16.7 Å². The Morgan fingerprint density at radius 3 is 2.56 bits per heavy atom. The van der Waals surface area contributed by atoms with E-state index in [2.05, 4.69) is 90.1 Å². The summed E-state index contributed by atoms with van der Waals surface area (Å²) in [6.45, 7) is 5.92. The van der Waals surface area contributed by atoms with E-state index in [1.807, 2.05) is 12.1 Å². The van der Waals surface area contributed by atoms with Gasteiger partial charge in [-0.2, -0.15) is 0 Å². The topological polar surface area (TPSA) is 70.7 Å². The van der Waals surface area contributed by atoms with Gasteiger partial charge >= 0.3 is 254 Å². The first-order valence-corrected chi connectivity index (χ1v) is 18.0. The summed E-state index contributed by atoms with van der Waals surface area (Å²) in [6.07, 6.45) is 6.61. The zero-order valence-corrected chi connectivity index (χ0v) is 26.9. The average Bonchev–Trinajstić information content (AvgIpc) is 3.50. The number of unbranched alkanes of at least 4 members (excludes halogenated alkanes) is 1. The molecule has 1 N–H and O–H groups in total. The van der Waals surface area contributed by atoms with Crippen LogP contribution in [-0.4, -0.2) is 46.9 Å². The van der Waals surface area contributed by atoms with E-state index in [-0.39, 0.29) is 20.3 Å². The van der Waals surface area contributed by atoms with E-state index in [9.17, 15) is 13.0 Å². The Labute approximate surface area is 252 Å². The van der Waals surface area contributed by atoms with Gasteiger partial charge in [0.1, 0.15) is 0 Å². The summed E-state index contributed by atoms with van der Waals surface area (Å²) < 4.78 is 42.3. The maximum atomic E-state index is 11.3. The van der Waals surface area contributed by atoms with Gasteiger partial charge in [-0.1, -0.05) is 0 Å². The molecule has 3 aromatic carbocycles. The van der Waals surface area contributed by atoms with Gasteiger partial charge in [-0.15, -0.1) is 0 Å². The van der Waals surface area contributed by atoms with Gasteiger partial charge in [-0.25, -0.2) is 0 Å². The number of rotatable bonds is 11. The van der Waals surface area contributed by atoms with Crippen LogP contribution in [0, 0.1) is 0 Å². The number of ether oxygens (including phenoxy) is 1. The van der Waals surface area contributed by atoms with Crippen molar-refractivity contribution in [3.8, 4) is 16.9 Å². The van der Waals surface area contributed by atoms with Crippen molar-refractivity contribution in [1.82, 2.24) is 0 Å². The molecule has 9 heteroatoms. The molecule has 4 aromatic rings. The maximum absolute atomic E-state index is 11.3. The number of aryl methyl sites for hydroxylation is 1. The summed E-state index contributed by atoms with van der Waals surface area (Å²) in [5, 5.41) is 1.21. The molecule has 5 rings (SSSR count). The van der Waals surface area contributed by atoms with Crippen LogP contribution in [0.25, 0.3) is 27.0 Å². The molecule has 0 aliphatic carbocycles. The van der Waals surface area contributed by atoms with Gasteiger partial charge in [0.15, 0.2) is 0 Å². The number of anilines is 1. The molecule has 1 aromatic heterocycles. The number of allylic oxidation sites excluding steroid dienone is 2. The van der Waals surface area contributed by atoms with Crippen molar-refractivity contribution in [3.63, 3.8) is 0 Å². The van der Waals surface area contributed by atoms with Gasteiger partial charge in [-0.05, 0) is 0 Å². The molecule has 214 valence electrons. The van der Waals surface area contributed by atoms with Crippen molar-refractivity contribution in [2.75, 3.05) is 24.3 Å². The molecule has 0 unspecified atom stereocenters. The summed E-state index contributed by atoms with van der Waals surface area (Å²) in [6, 6.07) is 23.3. The molecule has 2 heterocycles. The van der Waals surface area contributed by atoms with E-state index in [4.69, 9.17) is 4.74 Å². The van der Waals surface area contributed by atoms with Crippen LogP contribution in [0.2, 0.25) is 0 Å². The van der Waals surface area contributed by atoms with Crippen molar-refractivity contribution in [1.29, 1.82) is 0 Å². The van der Waals surface area contributed by atoms with Crippen molar-refractivity contribution < 1.29 is 22.3 Å². The predicted octanol–water partition coefficient (Wildman–Crippen LogP) is 6.79. The number of fused-ring (bicyclic) bond motifs is 2. The van der Waals surface area contributed by atoms with Gasteiger partial charge in [-0.3, -0.25) is 0 Å². The van der Waals surface area contributed by atoms with Gasteiger partial charge in [0.2, 0.25) is 0 Å². The number of methoxy groups -OCH3 is 1. The van der Waals surface area contributed by atoms with Crippen molar-refractivity contribution >= 4 is 57.9 Å². The summed E-state index contributed by atoms with van der Waals surface area (Å²) in [5.41, 5.74) is 5.96. The fraction of sp³-hybridized carbons (Fsp3) is 0.281. The molecule has 6 nitrogen and oxygen atoms in total. The van der Waals surface area contributed by atoms with Crippen molar-refractivity contribution in [2.45, 2.75) is 44.6 Å². The molecule has 0 fully saturated rings. The van der Waals surface area contributed by atoms with Crippen LogP contribution in [0.5, 0.6) is 5.75 Å². The summed E-state index contributed by atoms with van der Waals surface area (Å²) in [5.74, 6) is 0.646. The molecule has 1 aliphatic rings. The van der Waals surface area contributed by atoms with Gasteiger partial charge in [0, 0.05) is 0 Å². The first-order valence-electron chi connectivity index (χ1n) is 13.8. The third kappa shape index (κ3) is 6.99. The monoisotopic (exact) mass is 655 g/mol. The first-order chi connectivity index (χ1) is 19.8. The second kappa shape index (κ2) is 13.0. The number of aromatic nitrogens is 1. The number of benzene rings is 3. The molecule has 0 bridgehead atoms. The molecular formula is C32H35N2O4S2Se+. The van der Waals surface area contributed by atoms with Crippen LogP contribution < -0.4 is 14.2 Å². The minimum absolute atomic E-state index is 0.121. The molecule has 41 heavy (non-hydrogen) atoms. The van der Waals surface area contributed by atoms with E-state index in [1.165, 1.54) is 46.7 Å². The number of nitrogens with zero attached hydrogens (tertiary/aromatic N) is 2. The normalized spacial score (nSPS) is 14.7. The second-order valence-corrected chi connectivity index (χ2v) is 14.7. The molecule has 0 amide bonds. The third-order valence-electron chi connectivity index (χ3n) is 7.15. The molecule has 1 aliphatic heterocycles. The van der Waals surface area contributed by atoms with E-state index in [1.54, 1.807) is 18.9 Å². The Hall–Kier alpha value is -2.81. The predicted molar refractivity (Wildman–Crippen MR) is 170 cm³/mol. The fourth-order valence-corrected chi connectivity index (χ4v) is 9.16. The van der Waals surface area contributed by atoms with Crippen LogP contribution in [0.3, 0.4) is 0 Å². The van der Waals surface area contributed by atoms with Crippen LogP contribution >= 0.6 is 11.8 Å². The minimum atomic E-state index is -3.96. The van der Waals surface area contributed by atoms with Gasteiger partial charge in [0.25, 0.3) is 0 Å². The first kappa shape index (κ1) is 29.7. The van der Waals surface area contributed by atoms with E-state index in [0.29, 0.717) is 19.4 Å². The summed E-state index contributed by atoms with van der Waals surface area (Å²) in [7, 11) is -2.26. The van der Waals surface area contributed by atoms with Crippen molar-refractivity contribution in [2.24, 2.45) is 0 Å². The van der Waals surface area contributed by atoms with Crippen molar-refractivity contribution in [3.05, 3.63) is 88.0 Å². The van der Waals surface area contributed by atoms with Crippen LogP contribution in [0.4, 0.5) is 5.69 Å². The summed E-state index contributed by atoms with van der Waals surface area (Å²) in [4.78, 5) is 3.57. The van der Waals surface area contributed by atoms with E-state index < -0.39 is 10.1 Å². The van der Waals surface area contributed by atoms with E-state index >= 15 is 0 Å². The van der Waals surface area contributed by atoms with Gasteiger partial charge < -0.3 is 0 Å². The Morgan fingerprint density at radius 2 is 1.85 bits per heavy atom. The van der Waals surface area contributed by atoms with Crippen LogP contribution in [0.15, 0.2) is 88.3 Å². The SMILES string of the molecule is CCC(=C/c1[se]c2ccc(-c3ccccc3)cc2[n+]1CCCCS(=O)(=O)O)/C=C1/Sc2ccc(OC)cc2N1CC. The molecule has 0 saturated heterocycles. The average molecular weight is 655 g/mol. The molecule has 0 spiro atoms. The number of hydrogen-bond acceptors (Lipinski definition) is 5. The quantitative estimate of drug-likeness (QED) is 0.0831. The van der Waals surface area contributed by atoms with Crippen LogP contribution in [0.1, 0.15) is 37.7 Å². The van der Waals surface area contributed by atoms with E-state index in [0.717, 1.165) is 18.7 Å². The standard InChI is InChI=1S/C32H34N2O4S2Se/c1-4-23(19-31-33(5-2)27-22-26(38-3)14-15-29(27)39-31)20-32-34(17-9-10-18-40(35,36)37)28-21-25(13-16-30(28)41-32)24-11-7-6-8-12-24/h6-8,11-16,19-22H,4-5,9-10,17-18H2,1-3H3/p+1. The molecular weight excluding hydrogens is 619 g/mol.